The van der Waals surface area contributed by atoms with Crippen molar-refractivity contribution < 1.29 is 4.79 Å². The SMILES string of the molecule is CCC(CC)(CNC(=O)C1(n2cccn2)CCNCC1)SC. The van der Waals surface area contributed by atoms with Crippen molar-refractivity contribution in [1.82, 2.24) is 20.4 Å². The van der Waals surface area contributed by atoms with Gasteiger partial charge in [0.15, 0.2) is 0 Å². The van der Waals surface area contributed by atoms with Crippen molar-refractivity contribution in [3.63, 3.8) is 0 Å². The summed E-state index contributed by atoms with van der Waals surface area (Å²) in [6, 6.07) is 1.89. The number of hydrogen-bond donors (Lipinski definition) is 2. The van der Waals surface area contributed by atoms with E-state index in [2.05, 4.69) is 35.8 Å². The maximum atomic E-state index is 13.0. The zero-order valence-electron chi connectivity index (χ0n) is 13.9. The Balaban J connectivity index is 2.14. The number of hydrogen-bond acceptors (Lipinski definition) is 4. The van der Waals surface area contributed by atoms with E-state index in [1.807, 2.05) is 28.7 Å². The smallest absolute Gasteiger partial charge is 0.248 e. The predicted molar refractivity (Wildman–Crippen MR) is 92.1 cm³/mol. The van der Waals surface area contributed by atoms with Gasteiger partial charge in [-0.1, -0.05) is 13.8 Å². The minimum Gasteiger partial charge on any atom is -0.353 e. The van der Waals surface area contributed by atoms with Crippen LogP contribution in [0.3, 0.4) is 0 Å². The lowest BCUT2D eigenvalue weighted by molar-refractivity contribution is -0.132. The Kier molecular flexibility index (Phi) is 5.92. The van der Waals surface area contributed by atoms with Crippen LogP contribution in [0.5, 0.6) is 0 Å². The van der Waals surface area contributed by atoms with E-state index in [0.717, 1.165) is 45.3 Å². The molecule has 1 saturated heterocycles. The van der Waals surface area contributed by atoms with Crippen LogP contribution in [-0.2, 0) is 10.3 Å². The fourth-order valence-corrected chi connectivity index (χ4v) is 3.98. The molecule has 2 rings (SSSR count). The Bertz CT molecular complexity index is 456. The summed E-state index contributed by atoms with van der Waals surface area (Å²) in [5.41, 5.74) is -0.541. The van der Waals surface area contributed by atoms with Gasteiger partial charge in [0.05, 0.1) is 0 Å². The highest BCUT2D eigenvalue weighted by atomic mass is 32.2. The quantitative estimate of drug-likeness (QED) is 0.805. The summed E-state index contributed by atoms with van der Waals surface area (Å²) in [6.45, 7) is 6.81. The number of nitrogens with zero attached hydrogens (tertiary/aromatic N) is 2. The van der Waals surface area contributed by atoms with Gasteiger partial charge < -0.3 is 10.6 Å². The number of carbonyl (C=O) groups is 1. The Morgan fingerprint density at radius 2 is 2.09 bits per heavy atom. The summed E-state index contributed by atoms with van der Waals surface area (Å²) in [5.74, 6) is 0.109. The van der Waals surface area contributed by atoms with E-state index in [0.29, 0.717) is 0 Å². The first-order valence-electron chi connectivity index (χ1n) is 8.17. The van der Waals surface area contributed by atoms with E-state index in [1.54, 1.807) is 6.20 Å². The molecule has 0 aromatic carbocycles. The summed E-state index contributed by atoms with van der Waals surface area (Å²) < 4.78 is 1.98. The molecule has 0 atom stereocenters. The van der Waals surface area contributed by atoms with Crippen LogP contribution in [0.15, 0.2) is 18.5 Å². The third-order valence-electron chi connectivity index (χ3n) is 5.09. The second kappa shape index (κ2) is 7.51. The van der Waals surface area contributed by atoms with Crippen molar-refractivity contribution in [2.45, 2.75) is 49.8 Å². The van der Waals surface area contributed by atoms with Gasteiger partial charge in [0.2, 0.25) is 5.91 Å². The van der Waals surface area contributed by atoms with Gasteiger partial charge in [-0.3, -0.25) is 9.48 Å². The Hall–Kier alpha value is -1.01. The first-order valence-corrected chi connectivity index (χ1v) is 9.39. The fraction of sp³-hybridized carbons (Fsp3) is 0.750. The van der Waals surface area contributed by atoms with Crippen LogP contribution in [0.2, 0.25) is 0 Å². The standard InChI is InChI=1S/C16H28N4OS/c1-4-15(5-2,22-3)13-18-14(21)16(7-10-17-11-8-16)20-12-6-9-19-20/h6,9,12,17H,4-5,7-8,10-11,13H2,1-3H3,(H,18,21). The molecule has 22 heavy (non-hydrogen) atoms. The van der Waals surface area contributed by atoms with Crippen LogP contribution >= 0.6 is 11.8 Å². The molecule has 1 amide bonds. The number of amides is 1. The molecule has 0 saturated carbocycles. The van der Waals surface area contributed by atoms with Crippen LogP contribution in [0.4, 0.5) is 0 Å². The summed E-state index contributed by atoms with van der Waals surface area (Å²) in [6.07, 6.45) is 9.47. The van der Waals surface area contributed by atoms with Crippen LogP contribution in [0.1, 0.15) is 39.5 Å². The molecule has 1 aliphatic rings. The molecule has 0 aliphatic carbocycles. The molecule has 0 unspecified atom stereocenters. The van der Waals surface area contributed by atoms with Crippen molar-refractivity contribution in [2.24, 2.45) is 0 Å². The van der Waals surface area contributed by atoms with E-state index >= 15 is 0 Å². The molecule has 1 aromatic rings. The van der Waals surface area contributed by atoms with Gasteiger partial charge in [-0.05, 0) is 51.1 Å². The van der Waals surface area contributed by atoms with E-state index in [9.17, 15) is 4.79 Å². The maximum Gasteiger partial charge on any atom is 0.248 e. The van der Waals surface area contributed by atoms with Gasteiger partial charge in [-0.2, -0.15) is 16.9 Å². The molecule has 0 radical (unpaired) electrons. The maximum absolute atomic E-state index is 13.0. The minimum atomic E-state index is -0.541. The Morgan fingerprint density at radius 3 is 2.59 bits per heavy atom. The topological polar surface area (TPSA) is 59.0 Å². The highest BCUT2D eigenvalue weighted by Gasteiger charge is 2.42. The lowest BCUT2D eigenvalue weighted by Gasteiger charge is -2.38. The van der Waals surface area contributed by atoms with Gasteiger partial charge in [0, 0.05) is 23.7 Å². The highest BCUT2D eigenvalue weighted by molar-refractivity contribution is 8.00. The van der Waals surface area contributed by atoms with Crippen LogP contribution in [0.25, 0.3) is 0 Å². The average molecular weight is 324 g/mol. The molecule has 1 aromatic heterocycles. The molecule has 6 heteroatoms. The Morgan fingerprint density at radius 1 is 1.41 bits per heavy atom. The molecule has 124 valence electrons. The summed E-state index contributed by atoms with van der Waals surface area (Å²) in [5, 5.41) is 10.9. The second-order valence-corrected chi connectivity index (χ2v) is 7.28. The third-order valence-corrected chi connectivity index (χ3v) is 6.68. The summed E-state index contributed by atoms with van der Waals surface area (Å²) in [4.78, 5) is 13.0. The second-order valence-electron chi connectivity index (χ2n) is 6.01. The number of carbonyl (C=O) groups excluding carboxylic acids is 1. The number of nitrogens with one attached hydrogen (secondary N) is 2. The van der Waals surface area contributed by atoms with Gasteiger partial charge in [0.25, 0.3) is 0 Å². The molecule has 2 heterocycles. The Labute approximate surface area is 137 Å². The van der Waals surface area contributed by atoms with Gasteiger partial charge in [0.1, 0.15) is 5.54 Å². The van der Waals surface area contributed by atoms with E-state index in [-0.39, 0.29) is 10.7 Å². The van der Waals surface area contributed by atoms with Crippen molar-refractivity contribution in [3.8, 4) is 0 Å². The zero-order valence-corrected chi connectivity index (χ0v) is 14.7. The number of thioether (sulfide) groups is 1. The van der Waals surface area contributed by atoms with Crippen molar-refractivity contribution >= 4 is 17.7 Å². The summed E-state index contributed by atoms with van der Waals surface area (Å²) >= 11 is 1.85. The van der Waals surface area contributed by atoms with Crippen molar-refractivity contribution in [1.29, 1.82) is 0 Å². The normalized spacial score (nSPS) is 18.1. The zero-order chi connectivity index (χ0) is 16.1. The minimum absolute atomic E-state index is 0.109. The third kappa shape index (κ3) is 3.33. The van der Waals surface area contributed by atoms with E-state index in [1.165, 1.54) is 0 Å². The molecular formula is C16H28N4OS. The van der Waals surface area contributed by atoms with Crippen LogP contribution in [0, 0.1) is 0 Å². The van der Waals surface area contributed by atoms with E-state index < -0.39 is 5.54 Å². The summed E-state index contributed by atoms with van der Waals surface area (Å²) in [7, 11) is 0. The first-order chi connectivity index (χ1) is 10.6. The van der Waals surface area contributed by atoms with Gasteiger partial charge in [-0.15, -0.1) is 0 Å². The largest absolute Gasteiger partial charge is 0.353 e. The van der Waals surface area contributed by atoms with Crippen LogP contribution < -0.4 is 10.6 Å². The number of aromatic nitrogens is 2. The van der Waals surface area contributed by atoms with Crippen LogP contribution in [-0.4, -0.2) is 46.3 Å². The average Bonchev–Trinajstić information content (AvgIpc) is 3.12. The molecule has 0 spiro atoms. The van der Waals surface area contributed by atoms with Gasteiger partial charge >= 0.3 is 0 Å². The highest BCUT2D eigenvalue weighted by Crippen LogP contribution is 2.31. The number of piperidine rings is 1. The molecule has 0 bridgehead atoms. The van der Waals surface area contributed by atoms with E-state index in [4.69, 9.17) is 0 Å². The lowest BCUT2D eigenvalue weighted by Crippen LogP contribution is -2.56. The molecule has 1 aliphatic heterocycles. The first kappa shape index (κ1) is 17.3. The molecular weight excluding hydrogens is 296 g/mol. The number of rotatable bonds is 7. The molecule has 1 fully saturated rings. The fourth-order valence-electron chi connectivity index (χ4n) is 3.19. The van der Waals surface area contributed by atoms with Crippen molar-refractivity contribution in [3.05, 3.63) is 18.5 Å². The van der Waals surface area contributed by atoms with Crippen molar-refractivity contribution in [2.75, 3.05) is 25.9 Å². The molecule has 2 N–H and O–H groups in total. The predicted octanol–water partition coefficient (Wildman–Crippen LogP) is 2.00. The monoisotopic (exact) mass is 324 g/mol. The van der Waals surface area contributed by atoms with Gasteiger partial charge in [-0.25, -0.2) is 0 Å². The lowest BCUT2D eigenvalue weighted by atomic mass is 9.87. The molecule has 5 nitrogen and oxygen atoms in total.